The number of hydrogen-bond donors (Lipinski definition) is 0. The van der Waals surface area contributed by atoms with Crippen molar-refractivity contribution in [3.05, 3.63) is 29.1 Å². The van der Waals surface area contributed by atoms with Gasteiger partial charge in [-0.05, 0) is 13.0 Å². The van der Waals surface area contributed by atoms with Crippen molar-refractivity contribution in [1.82, 2.24) is 0 Å². The Bertz CT molecular complexity index is 388. The zero-order valence-corrected chi connectivity index (χ0v) is 8.18. The van der Waals surface area contributed by atoms with Crippen molar-refractivity contribution < 1.29 is 22.7 Å². The molecule has 5 heteroatoms. The summed E-state index contributed by atoms with van der Waals surface area (Å²) in [5, 5.41) is 0. The number of rotatable bonds is 3. The van der Waals surface area contributed by atoms with Crippen molar-refractivity contribution in [2.45, 2.75) is 13.3 Å². The molecular weight excluding hydrogens is 209 g/mol. The molecule has 0 saturated heterocycles. The van der Waals surface area contributed by atoms with Crippen LogP contribution in [0.3, 0.4) is 0 Å². The fourth-order valence-electron chi connectivity index (χ4n) is 1.26. The second-order valence-electron chi connectivity index (χ2n) is 2.93. The van der Waals surface area contributed by atoms with Gasteiger partial charge in [-0.2, -0.15) is 0 Å². The van der Waals surface area contributed by atoms with Gasteiger partial charge >= 0.3 is 0 Å². The van der Waals surface area contributed by atoms with E-state index in [4.69, 9.17) is 0 Å². The molecular formula is C10H9F3O2. The number of alkyl halides is 2. The first-order valence-corrected chi connectivity index (χ1v) is 4.14. The van der Waals surface area contributed by atoms with Crippen LogP contribution in [0.15, 0.2) is 12.1 Å². The first-order chi connectivity index (χ1) is 6.97. The van der Waals surface area contributed by atoms with Gasteiger partial charge in [0.1, 0.15) is 11.6 Å². The van der Waals surface area contributed by atoms with Gasteiger partial charge in [0.15, 0.2) is 5.78 Å². The van der Waals surface area contributed by atoms with Crippen molar-refractivity contribution in [3.8, 4) is 5.75 Å². The molecule has 1 aromatic carbocycles. The number of ketones is 1. The number of carbonyl (C=O) groups is 1. The Kier molecular flexibility index (Phi) is 3.34. The highest BCUT2D eigenvalue weighted by Crippen LogP contribution is 2.29. The van der Waals surface area contributed by atoms with E-state index in [2.05, 4.69) is 4.74 Å². The summed E-state index contributed by atoms with van der Waals surface area (Å²) in [5.74, 6) is -1.75. The predicted molar refractivity (Wildman–Crippen MR) is 47.9 cm³/mol. The monoisotopic (exact) mass is 218 g/mol. The summed E-state index contributed by atoms with van der Waals surface area (Å²) in [5.41, 5.74) is -1.22. The highest BCUT2D eigenvalue weighted by Gasteiger charge is 2.21. The fraction of sp³-hybridized carbons (Fsp3) is 0.300. The lowest BCUT2D eigenvalue weighted by molar-refractivity contribution is 0.0993. The smallest absolute Gasteiger partial charge is 0.264 e. The van der Waals surface area contributed by atoms with Crippen LogP contribution in [0.4, 0.5) is 13.2 Å². The molecule has 0 amide bonds. The Morgan fingerprint density at radius 3 is 2.40 bits per heavy atom. The van der Waals surface area contributed by atoms with Gasteiger partial charge in [-0.15, -0.1) is 0 Å². The first kappa shape index (κ1) is 11.6. The average molecular weight is 218 g/mol. The topological polar surface area (TPSA) is 26.3 Å². The molecule has 0 aliphatic carbocycles. The van der Waals surface area contributed by atoms with Crippen LogP contribution in [0.25, 0.3) is 0 Å². The van der Waals surface area contributed by atoms with Crippen LogP contribution < -0.4 is 4.74 Å². The normalized spacial score (nSPS) is 10.5. The van der Waals surface area contributed by atoms with Gasteiger partial charge in [0.25, 0.3) is 6.43 Å². The van der Waals surface area contributed by atoms with Gasteiger partial charge in [-0.1, -0.05) is 0 Å². The summed E-state index contributed by atoms with van der Waals surface area (Å²) in [6.07, 6.45) is -2.91. The minimum Gasteiger partial charge on any atom is -0.497 e. The molecule has 0 heterocycles. The average Bonchev–Trinajstić information content (AvgIpc) is 2.15. The van der Waals surface area contributed by atoms with E-state index in [1.807, 2.05) is 0 Å². The Hall–Kier alpha value is -1.52. The van der Waals surface area contributed by atoms with Crippen molar-refractivity contribution >= 4 is 5.78 Å². The van der Waals surface area contributed by atoms with E-state index in [9.17, 15) is 18.0 Å². The van der Waals surface area contributed by atoms with Crippen LogP contribution in [0.1, 0.15) is 29.3 Å². The van der Waals surface area contributed by atoms with E-state index >= 15 is 0 Å². The zero-order valence-electron chi connectivity index (χ0n) is 8.18. The van der Waals surface area contributed by atoms with Crippen LogP contribution in [0.2, 0.25) is 0 Å². The highest BCUT2D eigenvalue weighted by molar-refractivity contribution is 5.96. The first-order valence-electron chi connectivity index (χ1n) is 4.14. The highest BCUT2D eigenvalue weighted by atomic mass is 19.3. The van der Waals surface area contributed by atoms with Crippen LogP contribution in [0, 0.1) is 5.82 Å². The number of hydrogen-bond acceptors (Lipinski definition) is 2. The SMILES string of the molecule is COc1cc(F)c(C(C)=O)c(C(F)F)c1. The molecule has 0 fully saturated rings. The summed E-state index contributed by atoms with van der Waals surface area (Å²) >= 11 is 0. The van der Waals surface area contributed by atoms with E-state index in [0.29, 0.717) is 0 Å². The minimum absolute atomic E-state index is 0.0344. The fourth-order valence-corrected chi connectivity index (χ4v) is 1.26. The maximum Gasteiger partial charge on any atom is 0.264 e. The van der Waals surface area contributed by atoms with E-state index in [1.165, 1.54) is 7.11 Å². The van der Waals surface area contributed by atoms with Gasteiger partial charge in [-0.25, -0.2) is 13.2 Å². The molecule has 82 valence electrons. The molecule has 1 aromatic rings. The number of benzene rings is 1. The molecule has 0 aliphatic rings. The number of methoxy groups -OCH3 is 1. The van der Waals surface area contributed by atoms with Crippen molar-refractivity contribution in [2.24, 2.45) is 0 Å². The summed E-state index contributed by atoms with van der Waals surface area (Å²) in [4.78, 5) is 11.0. The number of halogens is 3. The Morgan fingerprint density at radius 2 is 2.00 bits per heavy atom. The lowest BCUT2D eigenvalue weighted by atomic mass is 10.0. The molecule has 1 rings (SSSR count). The molecule has 0 radical (unpaired) electrons. The van der Waals surface area contributed by atoms with Gasteiger partial charge < -0.3 is 4.74 Å². The van der Waals surface area contributed by atoms with E-state index in [-0.39, 0.29) is 5.75 Å². The summed E-state index contributed by atoms with van der Waals surface area (Å²) in [7, 11) is 1.23. The van der Waals surface area contributed by atoms with Gasteiger partial charge in [0.05, 0.1) is 12.7 Å². The van der Waals surface area contributed by atoms with Crippen molar-refractivity contribution in [2.75, 3.05) is 7.11 Å². The molecule has 0 saturated carbocycles. The summed E-state index contributed by atoms with van der Waals surface area (Å²) < 4.78 is 42.9. The van der Waals surface area contributed by atoms with Gasteiger partial charge in [-0.3, -0.25) is 4.79 Å². The number of carbonyl (C=O) groups excluding carboxylic acids is 1. The third-order valence-corrected chi connectivity index (χ3v) is 1.92. The standard InChI is InChI=1S/C10H9F3O2/c1-5(14)9-7(10(12)13)3-6(15-2)4-8(9)11/h3-4,10H,1-2H3. The predicted octanol–water partition coefficient (Wildman–Crippen LogP) is 2.97. The maximum absolute atomic E-state index is 13.3. The summed E-state index contributed by atoms with van der Waals surface area (Å²) in [6.45, 7) is 1.04. The lowest BCUT2D eigenvalue weighted by Crippen LogP contribution is -2.05. The molecule has 0 spiro atoms. The number of ether oxygens (including phenoxy) is 1. The molecule has 2 nitrogen and oxygen atoms in total. The third kappa shape index (κ3) is 2.29. The molecule has 0 unspecified atom stereocenters. The van der Waals surface area contributed by atoms with Crippen LogP contribution >= 0.6 is 0 Å². The molecule has 15 heavy (non-hydrogen) atoms. The van der Waals surface area contributed by atoms with E-state index in [1.54, 1.807) is 0 Å². The second kappa shape index (κ2) is 4.33. The third-order valence-electron chi connectivity index (χ3n) is 1.92. The quantitative estimate of drug-likeness (QED) is 0.729. The summed E-state index contributed by atoms with van der Waals surface area (Å²) in [6, 6.07) is 1.87. The Balaban J connectivity index is 3.42. The maximum atomic E-state index is 13.3. The largest absolute Gasteiger partial charge is 0.497 e. The van der Waals surface area contributed by atoms with Crippen molar-refractivity contribution in [1.29, 1.82) is 0 Å². The van der Waals surface area contributed by atoms with Gasteiger partial charge in [0.2, 0.25) is 0 Å². The van der Waals surface area contributed by atoms with E-state index in [0.717, 1.165) is 19.1 Å². The van der Waals surface area contributed by atoms with Crippen molar-refractivity contribution in [3.63, 3.8) is 0 Å². The molecule has 0 N–H and O–H groups in total. The zero-order chi connectivity index (χ0) is 11.6. The molecule has 0 aliphatic heterocycles. The Labute approximate surface area is 84.7 Å². The number of Topliss-reactive ketones (excluding diaryl/α,β-unsaturated/α-hetero) is 1. The van der Waals surface area contributed by atoms with Crippen LogP contribution in [-0.2, 0) is 0 Å². The van der Waals surface area contributed by atoms with Crippen LogP contribution in [-0.4, -0.2) is 12.9 Å². The molecule has 0 aromatic heterocycles. The minimum atomic E-state index is -2.91. The Morgan fingerprint density at radius 1 is 1.40 bits per heavy atom. The van der Waals surface area contributed by atoms with Gasteiger partial charge in [0, 0.05) is 11.6 Å². The van der Waals surface area contributed by atoms with E-state index < -0.39 is 29.2 Å². The van der Waals surface area contributed by atoms with Crippen LogP contribution in [0.5, 0.6) is 5.75 Å². The lowest BCUT2D eigenvalue weighted by Gasteiger charge is -2.09. The second-order valence-corrected chi connectivity index (χ2v) is 2.93. The molecule has 0 bridgehead atoms. The molecule has 0 atom stereocenters.